The van der Waals surface area contributed by atoms with E-state index in [0.29, 0.717) is 5.56 Å². The van der Waals surface area contributed by atoms with Gasteiger partial charge in [0.25, 0.3) is 0 Å². The first-order valence-electron chi connectivity index (χ1n) is 7.11. The fraction of sp³-hybridized carbons (Fsp3) is 0.0526. The molecule has 0 fully saturated rings. The summed E-state index contributed by atoms with van der Waals surface area (Å²) in [4.78, 5) is 25.5. The second-order valence-electron chi connectivity index (χ2n) is 5.64. The quantitative estimate of drug-likeness (QED) is 0.630. The molecule has 2 aromatic rings. The topological polar surface area (TPSA) is 94.8 Å². The van der Waals surface area contributed by atoms with Crippen LogP contribution in [0, 0.1) is 6.92 Å². The molecule has 0 saturated carbocycles. The smallest absolute Gasteiger partial charge is 0.201 e. The van der Waals surface area contributed by atoms with E-state index in [1.54, 1.807) is 6.92 Å². The molecule has 5 heteroatoms. The van der Waals surface area contributed by atoms with E-state index < -0.39 is 17.3 Å². The van der Waals surface area contributed by atoms with Gasteiger partial charge < -0.3 is 15.3 Å². The van der Waals surface area contributed by atoms with E-state index in [9.17, 15) is 24.9 Å². The highest BCUT2D eigenvalue weighted by Crippen LogP contribution is 2.43. The normalized spacial score (nSPS) is 12.5. The summed E-state index contributed by atoms with van der Waals surface area (Å²) in [6.07, 6.45) is 1.31. The van der Waals surface area contributed by atoms with Crippen LogP contribution in [0.15, 0.2) is 37.4 Å². The van der Waals surface area contributed by atoms with Crippen LogP contribution in [-0.4, -0.2) is 26.9 Å². The Kier molecular flexibility index (Phi) is 3.30. The van der Waals surface area contributed by atoms with Crippen molar-refractivity contribution in [2.75, 3.05) is 0 Å². The van der Waals surface area contributed by atoms with E-state index >= 15 is 0 Å². The van der Waals surface area contributed by atoms with Crippen molar-refractivity contribution >= 4 is 17.1 Å². The summed E-state index contributed by atoms with van der Waals surface area (Å²) in [5.74, 6) is -2.50. The maximum atomic E-state index is 12.8. The van der Waals surface area contributed by atoms with Crippen molar-refractivity contribution in [1.82, 2.24) is 0 Å². The van der Waals surface area contributed by atoms with Crippen LogP contribution in [0.5, 0.6) is 17.2 Å². The molecule has 1 aliphatic carbocycles. The third-order valence-corrected chi connectivity index (χ3v) is 4.05. The van der Waals surface area contributed by atoms with Gasteiger partial charge in [0, 0.05) is 11.1 Å². The van der Waals surface area contributed by atoms with E-state index in [1.165, 1.54) is 18.2 Å². The number of phenols is 3. The second kappa shape index (κ2) is 5.09. The van der Waals surface area contributed by atoms with Crippen molar-refractivity contribution in [3.05, 3.63) is 70.8 Å². The van der Waals surface area contributed by atoms with E-state index in [0.717, 1.165) is 6.07 Å². The SMILES string of the molecule is C=CC(=C)c1c(O)cc2c(c1O)C(=O)c1c(O)cc(C)cc1C2=O. The largest absolute Gasteiger partial charge is 0.507 e. The van der Waals surface area contributed by atoms with Gasteiger partial charge in [-0.05, 0) is 36.3 Å². The predicted octanol–water partition coefficient (Wildman–Crippen LogP) is 3.09. The number of allylic oxidation sites excluding steroid dienone is 2. The van der Waals surface area contributed by atoms with E-state index in [1.807, 2.05) is 0 Å². The van der Waals surface area contributed by atoms with Crippen molar-refractivity contribution in [1.29, 1.82) is 0 Å². The Hall–Kier alpha value is -3.34. The molecular weight excluding hydrogens is 308 g/mol. The molecule has 3 rings (SSSR count). The van der Waals surface area contributed by atoms with Gasteiger partial charge in [0.15, 0.2) is 5.78 Å². The summed E-state index contributed by atoms with van der Waals surface area (Å²) in [6, 6.07) is 3.99. The molecule has 0 aliphatic heterocycles. The molecule has 0 unspecified atom stereocenters. The van der Waals surface area contributed by atoms with Gasteiger partial charge in [-0.3, -0.25) is 9.59 Å². The summed E-state index contributed by atoms with van der Waals surface area (Å²) < 4.78 is 0. The van der Waals surface area contributed by atoms with Gasteiger partial charge in [-0.15, -0.1) is 0 Å². The minimum absolute atomic E-state index is 0.0408. The molecule has 0 bridgehead atoms. The summed E-state index contributed by atoms with van der Waals surface area (Å²) >= 11 is 0. The Morgan fingerprint density at radius 2 is 1.58 bits per heavy atom. The van der Waals surface area contributed by atoms with Crippen molar-refractivity contribution in [3.63, 3.8) is 0 Å². The Balaban J connectivity index is 2.39. The van der Waals surface area contributed by atoms with Crippen molar-refractivity contribution in [3.8, 4) is 17.2 Å². The zero-order chi connectivity index (χ0) is 17.8. The first-order valence-corrected chi connectivity index (χ1v) is 7.11. The number of fused-ring (bicyclic) bond motifs is 2. The molecule has 0 amide bonds. The van der Waals surface area contributed by atoms with Crippen LogP contribution in [0.1, 0.15) is 43.0 Å². The van der Waals surface area contributed by atoms with E-state index in [2.05, 4.69) is 13.2 Å². The van der Waals surface area contributed by atoms with E-state index in [4.69, 9.17) is 0 Å². The summed E-state index contributed by atoms with van der Waals surface area (Å²) in [7, 11) is 0. The molecule has 0 aromatic heterocycles. The highest BCUT2D eigenvalue weighted by atomic mass is 16.3. The first-order chi connectivity index (χ1) is 11.3. The third kappa shape index (κ3) is 1.95. The average molecular weight is 322 g/mol. The summed E-state index contributed by atoms with van der Waals surface area (Å²) in [6.45, 7) is 8.84. The Labute approximate surface area is 137 Å². The fourth-order valence-electron chi connectivity index (χ4n) is 2.94. The van der Waals surface area contributed by atoms with Gasteiger partial charge in [0.05, 0.1) is 16.7 Å². The zero-order valence-electron chi connectivity index (χ0n) is 12.9. The molecular formula is C19H14O5. The van der Waals surface area contributed by atoms with Gasteiger partial charge in [-0.25, -0.2) is 0 Å². The third-order valence-electron chi connectivity index (χ3n) is 4.05. The number of aromatic hydroxyl groups is 3. The molecule has 1 aliphatic rings. The molecule has 120 valence electrons. The van der Waals surface area contributed by atoms with Crippen LogP contribution >= 0.6 is 0 Å². The van der Waals surface area contributed by atoms with Crippen LogP contribution in [-0.2, 0) is 0 Å². The molecule has 0 saturated heterocycles. The van der Waals surface area contributed by atoms with Crippen LogP contribution in [0.4, 0.5) is 0 Å². The van der Waals surface area contributed by atoms with Gasteiger partial charge in [0.2, 0.25) is 5.78 Å². The number of aryl methyl sites for hydroxylation is 1. The van der Waals surface area contributed by atoms with Gasteiger partial charge in [-0.1, -0.05) is 19.2 Å². The number of carbonyl (C=O) groups excluding carboxylic acids is 2. The maximum absolute atomic E-state index is 12.8. The lowest BCUT2D eigenvalue weighted by molar-refractivity contribution is 0.0974. The first kappa shape index (κ1) is 15.6. The standard InChI is InChI=1S/C19H14O5/c1-4-9(3)14-13(21)7-11-16(18(14)23)19(24)15-10(17(11)22)5-8(2)6-12(15)20/h4-7,20-21,23H,1,3H2,2H3. The Morgan fingerprint density at radius 1 is 0.958 bits per heavy atom. The Morgan fingerprint density at radius 3 is 2.21 bits per heavy atom. The average Bonchev–Trinajstić information content (AvgIpc) is 2.51. The van der Waals surface area contributed by atoms with E-state index in [-0.39, 0.29) is 44.9 Å². The molecule has 5 nitrogen and oxygen atoms in total. The van der Waals surface area contributed by atoms with Crippen LogP contribution in [0.25, 0.3) is 5.57 Å². The number of hydrogen-bond acceptors (Lipinski definition) is 5. The number of benzene rings is 2. The predicted molar refractivity (Wildman–Crippen MR) is 88.7 cm³/mol. The molecule has 24 heavy (non-hydrogen) atoms. The van der Waals surface area contributed by atoms with Gasteiger partial charge >= 0.3 is 0 Å². The van der Waals surface area contributed by atoms with Crippen LogP contribution in [0.2, 0.25) is 0 Å². The van der Waals surface area contributed by atoms with Crippen LogP contribution < -0.4 is 0 Å². The second-order valence-corrected chi connectivity index (χ2v) is 5.64. The number of hydrogen-bond donors (Lipinski definition) is 3. The molecule has 2 aromatic carbocycles. The molecule has 0 radical (unpaired) electrons. The molecule has 0 spiro atoms. The lowest BCUT2D eigenvalue weighted by Gasteiger charge is -2.22. The summed E-state index contributed by atoms with van der Waals surface area (Å²) in [5, 5.41) is 30.7. The zero-order valence-corrected chi connectivity index (χ0v) is 12.9. The summed E-state index contributed by atoms with van der Waals surface area (Å²) in [5.41, 5.74) is 0.247. The minimum Gasteiger partial charge on any atom is -0.507 e. The monoisotopic (exact) mass is 322 g/mol. The number of rotatable bonds is 2. The maximum Gasteiger partial charge on any atom is 0.201 e. The molecule has 0 atom stereocenters. The van der Waals surface area contributed by atoms with Crippen molar-refractivity contribution < 1.29 is 24.9 Å². The van der Waals surface area contributed by atoms with Crippen molar-refractivity contribution in [2.45, 2.75) is 6.92 Å². The molecule has 0 heterocycles. The lowest BCUT2D eigenvalue weighted by atomic mass is 9.80. The minimum atomic E-state index is -0.687. The highest BCUT2D eigenvalue weighted by Gasteiger charge is 2.36. The molecule has 3 N–H and O–H groups in total. The number of carbonyl (C=O) groups is 2. The van der Waals surface area contributed by atoms with Crippen molar-refractivity contribution in [2.24, 2.45) is 0 Å². The van der Waals surface area contributed by atoms with Gasteiger partial charge in [-0.2, -0.15) is 0 Å². The number of ketones is 2. The lowest BCUT2D eigenvalue weighted by Crippen LogP contribution is -2.22. The Bertz CT molecular complexity index is 966. The van der Waals surface area contributed by atoms with Gasteiger partial charge in [0.1, 0.15) is 17.2 Å². The van der Waals surface area contributed by atoms with Crippen LogP contribution in [0.3, 0.4) is 0 Å². The number of phenolic OH excluding ortho intramolecular Hbond substituents is 3. The fourth-order valence-corrected chi connectivity index (χ4v) is 2.94. The highest BCUT2D eigenvalue weighted by molar-refractivity contribution is 6.30.